The van der Waals surface area contributed by atoms with E-state index >= 15 is 0 Å². The van der Waals surface area contributed by atoms with Crippen LogP contribution in [-0.2, 0) is 4.79 Å². The first kappa shape index (κ1) is 16.4. The highest BCUT2D eigenvalue weighted by Crippen LogP contribution is 2.20. The highest BCUT2D eigenvalue weighted by atomic mass is 19.1. The van der Waals surface area contributed by atoms with Crippen molar-refractivity contribution in [3.63, 3.8) is 0 Å². The molecule has 0 radical (unpaired) electrons. The first-order chi connectivity index (χ1) is 9.65. The van der Waals surface area contributed by atoms with Gasteiger partial charge in [0.1, 0.15) is 11.9 Å². The maximum atomic E-state index is 13.6. The molecule has 0 fully saturated rings. The van der Waals surface area contributed by atoms with Crippen LogP contribution < -0.4 is 10.6 Å². The van der Waals surface area contributed by atoms with Gasteiger partial charge in [-0.2, -0.15) is 5.26 Å². The quantitative estimate of drug-likeness (QED) is 0.795. The van der Waals surface area contributed by atoms with Crippen LogP contribution in [0.25, 0.3) is 0 Å². The molecule has 1 aromatic rings. The van der Waals surface area contributed by atoms with Gasteiger partial charge in [0.2, 0.25) is 0 Å². The van der Waals surface area contributed by atoms with Crippen molar-refractivity contribution in [2.45, 2.75) is 26.8 Å². The van der Waals surface area contributed by atoms with Crippen molar-refractivity contribution in [2.75, 3.05) is 5.32 Å². The summed E-state index contributed by atoms with van der Waals surface area (Å²) in [6, 6.07) is 3.37. The Kier molecular flexibility index (Phi) is 4.87. The third-order valence-corrected chi connectivity index (χ3v) is 2.73. The van der Waals surface area contributed by atoms with Crippen LogP contribution in [0.5, 0.6) is 0 Å². The van der Waals surface area contributed by atoms with E-state index in [-0.39, 0.29) is 11.3 Å². The number of hydrogen-bond acceptors (Lipinski definition) is 3. The summed E-state index contributed by atoms with van der Waals surface area (Å²) in [5, 5.41) is 22.2. The van der Waals surface area contributed by atoms with Gasteiger partial charge in [0.25, 0.3) is 0 Å². The Morgan fingerprint density at radius 2 is 2.00 bits per heavy atom. The molecule has 6 nitrogen and oxygen atoms in total. The van der Waals surface area contributed by atoms with Crippen LogP contribution >= 0.6 is 0 Å². The Hall–Kier alpha value is -2.62. The predicted molar refractivity (Wildman–Crippen MR) is 74.1 cm³/mol. The molecule has 0 aliphatic carbocycles. The van der Waals surface area contributed by atoms with E-state index in [2.05, 4.69) is 10.6 Å². The Morgan fingerprint density at radius 1 is 1.38 bits per heavy atom. The van der Waals surface area contributed by atoms with Crippen molar-refractivity contribution < 1.29 is 19.1 Å². The highest BCUT2D eigenvalue weighted by Gasteiger charge is 2.32. The lowest BCUT2D eigenvalue weighted by Crippen LogP contribution is -2.50. The fourth-order valence-electron chi connectivity index (χ4n) is 1.62. The van der Waals surface area contributed by atoms with E-state index in [4.69, 9.17) is 10.4 Å². The van der Waals surface area contributed by atoms with E-state index in [1.807, 2.05) is 0 Å². The largest absolute Gasteiger partial charge is 0.480 e. The van der Waals surface area contributed by atoms with E-state index in [0.29, 0.717) is 0 Å². The summed E-state index contributed by atoms with van der Waals surface area (Å²) in [5.41, 5.74) is -0.715. The van der Waals surface area contributed by atoms with Gasteiger partial charge in [0.05, 0.1) is 17.3 Å². The minimum atomic E-state index is -1.18. The molecule has 0 saturated heterocycles. The number of benzene rings is 1. The van der Waals surface area contributed by atoms with Crippen molar-refractivity contribution in [2.24, 2.45) is 5.41 Å². The van der Waals surface area contributed by atoms with Gasteiger partial charge >= 0.3 is 12.0 Å². The number of hydrogen-bond donors (Lipinski definition) is 3. The van der Waals surface area contributed by atoms with Gasteiger partial charge in [-0.05, 0) is 23.6 Å². The summed E-state index contributed by atoms with van der Waals surface area (Å²) in [6.07, 6.45) is 0. The molecule has 0 heterocycles. The lowest BCUT2D eigenvalue weighted by molar-refractivity contribution is -0.141. The summed E-state index contributed by atoms with van der Waals surface area (Å²) >= 11 is 0. The number of nitrogens with zero attached hydrogens (tertiary/aromatic N) is 1. The number of carboxylic acid groups (broad SMARTS) is 1. The molecule has 1 atom stereocenters. The van der Waals surface area contributed by atoms with Crippen LogP contribution in [0.15, 0.2) is 18.2 Å². The van der Waals surface area contributed by atoms with E-state index < -0.39 is 29.3 Å². The van der Waals surface area contributed by atoms with Gasteiger partial charge in [-0.1, -0.05) is 20.8 Å². The third-order valence-electron chi connectivity index (χ3n) is 2.73. The molecule has 112 valence electrons. The third kappa shape index (κ3) is 4.45. The SMILES string of the molecule is CC(C)(C)C(NC(=O)Nc1ccc(C#N)cc1F)C(=O)O. The van der Waals surface area contributed by atoms with Gasteiger partial charge < -0.3 is 15.7 Å². The lowest BCUT2D eigenvalue weighted by atomic mass is 9.87. The van der Waals surface area contributed by atoms with Gasteiger partial charge in [-0.3, -0.25) is 0 Å². The van der Waals surface area contributed by atoms with Crippen molar-refractivity contribution in [1.82, 2.24) is 5.32 Å². The van der Waals surface area contributed by atoms with Crippen LogP contribution in [0.1, 0.15) is 26.3 Å². The van der Waals surface area contributed by atoms with Crippen LogP contribution in [0.3, 0.4) is 0 Å². The first-order valence-corrected chi connectivity index (χ1v) is 6.15. The Labute approximate surface area is 121 Å². The number of urea groups is 1. The molecular weight excluding hydrogens is 277 g/mol. The van der Waals surface area contributed by atoms with Crippen LogP contribution in [0, 0.1) is 22.6 Å². The molecule has 0 bridgehead atoms. The number of aliphatic carboxylic acids is 1. The monoisotopic (exact) mass is 293 g/mol. The summed E-state index contributed by atoms with van der Waals surface area (Å²) in [7, 11) is 0. The number of amides is 2. The van der Waals surface area contributed by atoms with Crippen molar-refractivity contribution in [3.8, 4) is 6.07 Å². The predicted octanol–water partition coefficient (Wildman–Crippen LogP) is 2.32. The number of halogens is 1. The van der Waals surface area contributed by atoms with Gasteiger partial charge in [0.15, 0.2) is 0 Å². The Morgan fingerprint density at radius 3 is 2.43 bits per heavy atom. The minimum Gasteiger partial charge on any atom is -0.480 e. The highest BCUT2D eigenvalue weighted by molar-refractivity contribution is 5.92. The van der Waals surface area contributed by atoms with Gasteiger partial charge in [0, 0.05) is 0 Å². The fraction of sp³-hybridized carbons (Fsp3) is 0.357. The molecule has 1 aromatic carbocycles. The minimum absolute atomic E-state index is 0.122. The maximum absolute atomic E-state index is 13.6. The van der Waals surface area contributed by atoms with E-state index in [0.717, 1.165) is 6.07 Å². The van der Waals surface area contributed by atoms with Crippen LogP contribution in [0.2, 0.25) is 0 Å². The Bertz CT molecular complexity index is 602. The van der Waals surface area contributed by atoms with E-state index in [9.17, 15) is 14.0 Å². The van der Waals surface area contributed by atoms with E-state index in [1.165, 1.54) is 12.1 Å². The second-order valence-corrected chi connectivity index (χ2v) is 5.54. The van der Waals surface area contributed by atoms with Crippen molar-refractivity contribution >= 4 is 17.7 Å². The molecule has 3 N–H and O–H groups in total. The lowest BCUT2D eigenvalue weighted by Gasteiger charge is -2.27. The molecule has 1 rings (SSSR count). The fourth-order valence-corrected chi connectivity index (χ4v) is 1.62. The average Bonchev–Trinajstić information content (AvgIpc) is 2.36. The smallest absolute Gasteiger partial charge is 0.326 e. The number of anilines is 1. The number of carbonyl (C=O) groups is 2. The summed E-state index contributed by atoms with van der Waals surface area (Å²) < 4.78 is 13.6. The second-order valence-electron chi connectivity index (χ2n) is 5.54. The molecule has 0 aromatic heterocycles. The number of rotatable bonds is 3. The first-order valence-electron chi connectivity index (χ1n) is 6.15. The molecule has 1 unspecified atom stereocenters. The number of nitrogens with one attached hydrogen (secondary N) is 2. The molecule has 2 amide bonds. The summed E-state index contributed by atoms with van der Waals surface area (Å²) in [5.74, 6) is -1.95. The maximum Gasteiger partial charge on any atom is 0.326 e. The standard InChI is InChI=1S/C14H16FN3O3/c1-14(2,3)11(12(19)20)18-13(21)17-10-5-4-8(7-16)6-9(10)15/h4-6,11H,1-3H3,(H,19,20)(H2,17,18,21). The number of nitriles is 1. The molecule has 0 saturated carbocycles. The molecule has 0 spiro atoms. The zero-order chi connectivity index (χ0) is 16.2. The van der Waals surface area contributed by atoms with Crippen LogP contribution in [0.4, 0.5) is 14.9 Å². The molecule has 7 heteroatoms. The van der Waals surface area contributed by atoms with Crippen molar-refractivity contribution in [1.29, 1.82) is 5.26 Å². The molecule has 0 aliphatic heterocycles. The van der Waals surface area contributed by atoms with Gasteiger partial charge in [-0.25, -0.2) is 14.0 Å². The van der Waals surface area contributed by atoms with Gasteiger partial charge in [-0.15, -0.1) is 0 Å². The Balaban J connectivity index is 2.82. The molecule has 21 heavy (non-hydrogen) atoms. The number of carboxylic acids is 1. The van der Waals surface area contributed by atoms with E-state index in [1.54, 1.807) is 26.8 Å². The molecular formula is C14H16FN3O3. The second kappa shape index (κ2) is 6.22. The topological polar surface area (TPSA) is 102 Å². The van der Waals surface area contributed by atoms with Crippen LogP contribution in [-0.4, -0.2) is 23.1 Å². The summed E-state index contributed by atoms with van der Waals surface area (Å²) in [4.78, 5) is 22.9. The average molecular weight is 293 g/mol. The summed E-state index contributed by atoms with van der Waals surface area (Å²) in [6.45, 7) is 4.98. The zero-order valence-corrected chi connectivity index (χ0v) is 11.9. The zero-order valence-electron chi connectivity index (χ0n) is 11.9. The number of carbonyl (C=O) groups excluding carboxylic acids is 1. The normalized spacial score (nSPS) is 12.1. The van der Waals surface area contributed by atoms with Crippen molar-refractivity contribution in [3.05, 3.63) is 29.6 Å². The molecule has 0 aliphatic rings.